The van der Waals surface area contributed by atoms with Crippen molar-refractivity contribution >= 4 is 41.2 Å². The number of hydrogen-bond donors (Lipinski definition) is 0. The molecule has 0 amide bonds. The van der Waals surface area contributed by atoms with Crippen LogP contribution in [0.25, 0.3) is 10.1 Å². The first-order valence-electron chi connectivity index (χ1n) is 4.23. The van der Waals surface area contributed by atoms with Crippen molar-refractivity contribution in [3.05, 3.63) is 29.1 Å². The van der Waals surface area contributed by atoms with Crippen LogP contribution in [0.3, 0.4) is 0 Å². The summed E-state index contributed by atoms with van der Waals surface area (Å²) in [6, 6.07) is 2.93. The average molecular weight is 301 g/mol. The molecule has 8 heteroatoms. The largest absolute Gasteiger partial charge is 0.416 e. The maximum absolute atomic E-state index is 12.5. The Labute approximate surface area is 103 Å². The van der Waals surface area contributed by atoms with Crippen molar-refractivity contribution in [2.24, 2.45) is 0 Å². The molecule has 1 aromatic carbocycles. The van der Waals surface area contributed by atoms with E-state index in [1.807, 2.05) is 0 Å². The quantitative estimate of drug-likeness (QED) is 0.750. The van der Waals surface area contributed by atoms with Gasteiger partial charge < -0.3 is 0 Å². The van der Waals surface area contributed by atoms with Crippen LogP contribution in [0.15, 0.2) is 28.5 Å². The summed E-state index contributed by atoms with van der Waals surface area (Å²) in [5, 5.41) is 1.23. The van der Waals surface area contributed by atoms with E-state index in [1.165, 1.54) is 11.4 Å². The first kappa shape index (κ1) is 12.7. The molecule has 1 aromatic heterocycles. The molecular weight excluding hydrogens is 297 g/mol. The Balaban J connectivity index is 2.76. The van der Waals surface area contributed by atoms with Crippen LogP contribution in [-0.4, -0.2) is 8.42 Å². The molecule has 2 nitrogen and oxygen atoms in total. The lowest BCUT2D eigenvalue weighted by molar-refractivity contribution is -0.137. The van der Waals surface area contributed by atoms with E-state index >= 15 is 0 Å². The van der Waals surface area contributed by atoms with E-state index in [0.29, 0.717) is 4.70 Å². The molecule has 0 radical (unpaired) electrons. The van der Waals surface area contributed by atoms with Gasteiger partial charge in [0.15, 0.2) is 0 Å². The monoisotopic (exact) mass is 300 g/mol. The van der Waals surface area contributed by atoms with Crippen molar-refractivity contribution in [3.8, 4) is 0 Å². The maximum atomic E-state index is 12.5. The normalized spacial score (nSPS) is 13.2. The van der Waals surface area contributed by atoms with Crippen molar-refractivity contribution in [2.45, 2.75) is 11.1 Å². The van der Waals surface area contributed by atoms with Crippen LogP contribution in [0.5, 0.6) is 0 Å². The van der Waals surface area contributed by atoms with Crippen LogP contribution in [0.1, 0.15) is 5.56 Å². The highest BCUT2D eigenvalue weighted by molar-refractivity contribution is 8.14. The van der Waals surface area contributed by atoms with Gasteiger partial charge >= 0.3 is 6.18 Å². The highest BCUT2D eigenvalue weighted by Gasteiger charge is 2.31. The van der Waals surface area contributed by atoms with Crippen LogP contribution in [-0.2, 0) is 15.2 Å². The molecule has 0 fully saturated rings. The number of hydrogen-bond acceptors (Lipinski definition) is 3. The van der Waals surface area contributed by atoms with Gasteiger partial charge in [-0.25, -0.2) is 8.42 Å². The second-order valence-electron chi connectivity index (χ2n) is 3.25. The van der Waals surface area contributed by atoms with Crippen LogP contribution >= 0.6 is 22.0 Å². The summed E-state index contributed by atoms with van der Waals surface area (Å²) in [6.07, 6.45) is -4.51. The first-order valence-corrected chi connectivity index (χ1v) is 7.41. The fourth-order valence-electron chi connectivity index (χ4n) is 1.37. The lowest BCUT2D eigenvalue weighted by Crippen LogP contribution is -2.04. The van der Waals surface area contributed by atoms with Crippen molar-refractivity contribution in [3.63, 3.8) is 0 Å². The number of thiophene rings is 1. The summed E-state index contributed by atoms with van der Waals surface area (Å²) >= 11 is 1.03. The number of benzene rings is 1. The highest BCUT2D eigenvalue weighted by Crippen LogP contribution is 2.36. The summed E-state index contributed by atoms with van der Waals surface area (Å²) in [7, 11) is 1.11. The molecule has 0 aliphatic rings. The van der Waals surface area contributed by atoms with E-state index in [-0.39, 0.29) is 10.3 Å². The van der Waals surface area contributed by atoms with Gasteiger partial charge in [-0.3, -0.25) is 0 Å². The van der Waals surface area contributed by atoms with Crippen LogP contribution < -0.4 is 0 Å². The molecule has 0 aliphatic heterocycles. The van der Waals surface area contributed by atoms with Crippen molar-refractivity contribution < 1.29 is 21.6 Å². The molecule has 0 atom stereocenters. The molecule has 0 saturated carbocycles. The Bertz CT molecular complexity index is 673. The topological polar surface area (TPSA) is 34.1 Å². The van der Waals surface area contributed by atoms with Gasteiger partial charge in [-0.2, -0.15) is 13.2 Å². The fourth-order valence-corrected chi connectivity index (χ4v) is 3.85. The van der Waals surface area contributed by atoms with Crippen LogP contribution in [0, 0.1) is 0 Å². The van der Waals surface area contributed by atoms with Crippen LogP contribution in [0.2, 0.25) is 0 Å². The van der Waals surface area contributed by atoms with E-state index in [9.17, 15) is 21.6 Å². The summed E-state index contributed by atoms with van der Waals surface area (Å²) in [4.78, 5) is -0.287. The zero-order valence-electron chi connectivity index (χ0n) is 7.95. The van der Waals surface area contributed by atoms with E-state index in [1.54, 1.807) is 0 Å². The number of halogens is 4. The molecule has 2 aromatic rings. The molecule has 0 unspecified atom stereocenters. The Morgan fingerprint density at radius 3 is 2.41 bits per heavy atom. The van der Waals surface area contributed by atoms with Crippen LogP contribution in [0.4, 0.5) is 13.2 Å². The molecule has 17 heavy (non-hydrogen) atoms. The molecular formula is C9H4ClF3O2S2. The van der Waals surface area contributed by atoms with Gasteiger partial charge in [0.05, 0.1) is 5.56 Å². The van der Waals surface area contributed by atoms with Gasteiger partial charge in [0.2, 0.25) is 0 Å². The molecule has 0 saturated heterocycles. The zero-order chi connectivity index (χ0) is 12.8. The van der Waals surface area contributed by atoms with Crippen molar-refractivity contribution in [2.75, 3.05) is 0 Å². The third kappa shape index (κ3) is 2.41. The van der Waals surface area contributed by atoms with Gasteiger partial charge in [0, 0.05) is 26.1 Å². The van der Waals surface area contributed by atoms with E-state index in [4.69, 9.17) is 10.7 Å². The Morgan fingerprint density at radius 2 is 1.88 bits per heavy atom. The predicted molar refractivity (Wildman–Crippen MR) is 59.9 cm³/mol. The number of fused-ring (bicyclic) bond motifs is 1. The van der Waals surface area contributed by atoms with E-state index in [2.05, 4.69) is 0 Å². The molecule has 0 aliphatic carbocycles. The zero-order valence-corrected chi connectivity index (χ0v) is 10.3. The fraction of sp³-hybridized carbons (Fsp3) is 0.111. The van der Waals surface area contributed by atoms with Gasteiger partial charge in [-0.15, -0.1) is 11.3 Å². The third-order valence-corrected chi connectivity index (χ3v) is 4.60. The Hall–Kier alpha value is -0.790. The second kappa shape index (κ2) is 3.86. The highest BCUT2D eigenvalue weighted by atomic mass is 35.7. The summed E-state index contributed by atoms with van der Waals surface area (Å²) in [5.74, 6) is 0. The van der Waals surface area contributed by atoms with Gasteiger partial charge in [-0.1, -0.05) is 0 Å². The first-order chi connectivity index (χ1) is 7.69. The van der Waals surface area contributed by atoms with E-state index in [0.717, 1.165) is 23.5 Å². The minimum absolute atomic E-state index is 0.000162. The SMILES string of the molecule is O=S(=O)(Cl)c1csc2ccc(C(F)(F)F)cc12. The van der Waals surface area contributed by atoms with E-state index < -0.39 is 20.8 Å². The molecule has 1 heterocycles. The standard InChI is InChI=1S/C9H4ClF3O2S2/c10-17(14,15)8-4-16-7-2-1-5(3-6(7)8)9(11,12)13/h1-4H. The Morgan fingerprint density at radius 1 is 1.24 bits per heavy atom. The number of rotatable bonds is 1. The maximum Gasteiger partial charge on any atom is 0.416 e. The predicted octanol–water partition coefficient (Wildman–Crippen LogP) is 3.85. The second-order valence-corrected chi connectivity index (χ2v) is 6.69. The molecule has 2 rings (SSSR count). The molecule has 0 spiro atoms. The van der Waals surface area contributed by atoms with Gasteiger partial charge in [-0.05, 0) is 18.2 Å². The summed E-state index contributed by atoms with van der Waals surface area (Å²) in [5.41, 5.74) is -0.898. The minimum Gasteiger partial charge on any atom is -0.207 e. The molecule has 92 valence electrons. The lowest BCUT2D eigenvalue weighted by Gasteiger charge is -2.06. The summed E-state index contributed by atoms with van der Waals surface area (Å²) < 4.78 is 60.2. The summed E-state index contributed by atoms with van der Waals surface area (Å²) in [6.45, 7) is 0. The Kier molecular flexibility index (Phi) is 2.87. The van der Waals surface area contributed by atoms with Crippen molar-refractivity contribution in [1.82, 2.24) is 0 Å². The third-order valence-electron chi connectivity index (χ3n) is 2.13. The minimum atomic E-state index is -4.51. The van der Waals surface area contributed by atoms with Crippen molar-refractivity contribution in [1.29, 1.82) is 0 Å². The smallest absolute Gasteiger partial charge is 0.207 e. The molecule has 0 bridgehead atoms. The van der Waals surface area contributed by atoms with Gasteiger partial charge in [0.25, 0.3) is 9.05 Å². The average Bonchev–Trinajstić information content (AvgIpc) is 2.57. The number of alkyl halides is 3. The van der Waals surface area contributed by atoms with Gasteiger partial charge in [0.1, 0.15) is 4.90 Å². The lowest BCUT2D eigenvalue weighted by atomic mass is 10.1. The molecule has 0 N–H and O–H groups in total.